The highest BCUT2D eigenvalue weighted by atomic mass is 35.5. The summed E-state index contributed by atoms with van der Waals surface area (Å²) in [5, 5.41) is 0.389. The summed E-state index contributed by atoms with van der Waals surface area (Å²) >= 11 is 6.34. The fraction of sp³-hybridized carbons (Fsp3) is 0.409. The Morgan fingerprint density at radius 3 is 2.56 bits per heavy atom. The minimum atomic E-state index is -0.587. The average Bonchev–Trinajstić information content (AvgIpc) is 3.14. The van der Waals surface area contributed by atoms with E-state index in [1.54, 1.807) is 30.0 Å². The number of amides is 2. The number of rotatable bonds is 5. The molecular formula is C22H24ClF2N5O2. The minimum absolute atomic E-state index is 0.00572. The predicted molar refractivity (Wildman–Crippen MR) is 117 cm³/mol. The molecule has 0 saturated carbocycles. The van der Waals surface area contributed by atoms with Gasteiger partial charge in [0.05, 0.1) is 16.2 Å². The lowest BCUT2D eigenvalue weighted by atomic mass is 10.1. The molecule has 1 fully saturated rings. The average molecular weight is 464 g/mol. The van der Waals surface area contributed by atoms with E-state index in [4.69, 9.17) is 16.3 Å². The van der Waals surface area contributed by atoms with Crippen molar-refractivity contribution >= 4 is 28.8 Å². The smallest absolute Gasteiger partial charge is 0.319 e. The van der Waals surface area contributed by atoms with Gasteiger partial charge in [0.25, 0.3) is 6.01 Å². The van der Waals surface area contributed by atoms with E-state index in [2.05, 4.69) is 15.0 Å². The minimum Gasteiger partial charge on any atom is -0.461 e. The van der Waals surface area contributed by atoms with Crippen LogP contribution in [0, 0.1) is 11.6 Å². The van der Waals surface area contributed by atoms with Crippen LogP contribution in [-0.4, -0.2) is 64.1 Å². The zero-order valence-electron chi connectivity index (χ0n) is 17.9. The number of ether oxygens (including phenoxy) is 1. The summed E-state index contributed by atoms with van der Waals surface area (Å²) in [4.78, 5) is 27.3. The lowest BCUT2D eigenvalue weighted by Crippen LogP contribution is -2.46. The number of piperidine rings is 1. The summed E-state index contributed by atoms with van der Waals surface area (Å²) in [6.07, 6.45) is 1.73. The highest BCUT2D eigenvalue weighted by Gasteiger charge is 2.25. The molecule has 0 unspecified atom stereocenters. The van der Waals surface area contributed by atoms with Gasteiger partial charge in [-0.15, -0.1) is 0 Å². The monoisotopic (exact) mass is 463 g/mol. The summed E-state index contributed by atoms with van der Waals surface area (Å²) < 4.78 is 33.7. The van der Waals surface area contributed by atoms with Crippen LogP contribution in [0.5, 0.6) is 6.01 Å². The fourth-order valence-electron chi connectivity index (χ4n) is 3.78. The Morgan fingerprint density at radius 2 is 1.91 bits per heavy atom. The van der Waals surface area contributed by atoms with Crippen LogP contribution in [0.1, 0.15) is 24.1 Å². The van der Waals surface area contributed by atoms with Crippen LogP contribution in [-0.2, 0) is 12.8 Å². The van der Waals surface area contributed by atoms with E-state index in [-0.39, 0.29) is 30.5 Å². The molecule has 0 spiro atoms. The van der Waals surface area contributed by atoms with E-state index >= 15 is 0 Å². The summed E-state index contributed by atoms with van der Waals surface area (Å²) in [5.74, 6) is -1.17. The van der Waals surface area contributed by atoms with Crippen molar-refractivity contribution in [2.75, 3.05) is 27.2 Å². The number of aryl methyl sites for hydroxylation is 1. The lowest BCUT2D eigenvalue weighted by Gasteiger charge is -2.33. The number of hydrogen-bond donors (Lipinski definition) is 1. The van der Waals surface area contributed by atoms with Gasteiger partial charge in [0.2, 0.25) is 0 Å². The third-order valence-electron chi connectivity index (χ3n) is 5.52. The molecule has 4 rings (SSSR count). The standard InChI is InChI=1S/C22H24ClF2N5O2/c1-29(2)22(31)30-10-8-13(9-11-30)32-21-27-19-12-15(23)18(26-20(19)28-21)7-6-14-16(24)4-3-5-17(14)25/h3-5,12-13H,6-11H2,1-2H3,(H,26,27,28). The van der Waals surface area contributed by atoms with Gasteiger partial charge in [-0.05, 0) is 31.0 Å². The Labute approximate surface area is 189 Å². The molecule has 7 nitrogen and oxygen atoms in total. The van der Waals surface area contributed by atoms with E-state index in [9.17, 15) is 13.6 Å². The second-order valence-electron chi connectivity index (χ2n) is 8.01. The van der Waals surface area contributed by atoms with Gasteiger partial charge in [-0.2, -0.15) is 4.98 Å². The van der Waals surface area contributed by atoms with Gasteiger partial charge in [-0.25, -0.2) is 18.6 Å². The number of aromatic amines is 1. The van der Waals surface area contributed by atoms with Crippen LogP contribution in [0.2, 0.25) is 5.02 Å². The van der Waals surface area contributed by atoms with Crippen LogP contribution in [0.15, 0.2) is 24.3 Å². The fourth-order valence-corrected chi connectivity index (χ4v) is 4.03. The Balaban J connectivity index is 1.42. The highest BCUT2D eigenvalue weighted by Crippen LogP contribution is 2.25. The van der Waals surface area contributed by atoms with Crippen LogP contribution in [0.3, 0.4) is 0 Å². The van der Waals surface area contributed by atoms with Gasteiger partial charge < -0.3 is 19.5 Å². The number of nitrogens with zero attached hydrogens (tertiary/aromatic N) is 4. The second kappa shape index (κ2) is 9.28. The number of carbonyl (C=O) groups excluding carboxylic acids is 1. The Kier molecular flexibility index (Phi) is 6.45. The summed E-state index contributed by atoms with van der Waals surface area (Å²) in [6.45, 7) is 1.23. The molecule has 1 saturated heterocycles. The number of carbonyl (C=O) groups is 1. The molecule has 1 aliphatic heterocycles. The van der Waals surface area contributed by atoms with Gasteiger partial charge in [0, 0.05) is 45.6 Å². The SMILES string of the molecule is CN(C)C(=O)N1CCC(Oc2nc3nc(CCc4c(F)cccc4F)c(Cl)cc3[nH]2)CC1. The maximum absolute atomic E-state index is 13.9. The normalized spacial score (nSPS) is 14.7. The van der Waals surface area contributed by atoms with Gasteiger partial charge in [0.1, 0.15) is 17.7 Å². The molecule has 32 heavy (non-hydrogen) atoms. The second-order valence-corrected chi connectivity index (χ2v) is 8.42. The topological polar surface area (TPSA) is 74.3 Å². The predicted octanol–water partition coefficient (Wildman–Crippen LogP) is 4.20. The summed E-state index contributed by atoms with van der Waals surface area (Å²) in [5.41, 5.74) is 1.56. The molecule has 0 bridgehead atoms. The van der Waals surface area contributed by atoms with Crippen molar-refractivity contribution in [3.8, 4) is 6.01 Å². The van der Waals surface area contributed by atoms with Crippen LogP contribution in [0.4, 0.5) is 13.6 Å². The van der Waals surface area contributed by atoms with E-state index < -0.39 is 11.6 Å². The Hall–Kier alpha value is -2.94. The third-order valence-corrected chi connectivity index (χ3v) is 5.85. The maximum Gasteiger partial charge on any atom is 0.319 e. The molecule has 2 aromatic heterocycles. The first-order valence-corrected chi connectivity index (χ1v) is 10.8. The molecule has 1 aliphatic rings. The number of imidazole rings is 1. The molecule has 3 aromatic rings. The number of halogens is 3. The van der Waals surface area contributed by atoms with Crippen molar-refractivity contribution in [2.24, 2.45) is 0 Å². The summed E-state index contributed by atoms with van der Waals surface area (Å²) in [6, 6.07) is 5.81. The van der Waals surface area contributed by atoms with Gasteiger partial charge in [-0.3, -0.25) is 0 Å². The number of likely N-dealkylation sites (tertiary alicyclic amines) is 1. The molecule has 170 valence electrons. The number of nitrogens with one attached hydrogen (secondary N) is 1. The van der Waals surface area contributed by atoms with E-state index in [0.29, 0.717) is 53.8 Å². The first-order chi connectivity index (χ1) is 15.3. The van der Waals surface area contributed by atoms with Gasteiger partial charge in [-0.1, -0.05) is 17.7 Å². The van der Waals surface area contributed by atoms with Crippen molar-refractivity contribution in [3.05, 3.63) is 52.2 Å². The zero-order chi connectivity index (χ0) is 22.8. The third kappa shape index (κ3) is 4.77. The van der Waals surface area contributed by atoms with Crippen molar-refractivity contribution < 1.29 is 18.3 Å². The van der Waals surface area contributed by atoms with Crippen molar-refractivity contribution in [1.82, 2.24) is 24.8 Å². The Morgan fingerprint density at radius 1 is 1.22 bits per heavy atom. The van der Waals surface area contributed by atoms with Crippen molar-refractivity contribution in [2.45, 2.75) is 31.8 Å². The molecule has 0 radical (unpaired) electrons. The first kappa shape index (κ1) is 22.3. The molecular weight excluding hydrogens is 440 g/mol. The number of aromatic nitrogens is 3. The first-order valence-electron chi connectivity index (χ1n) is 10.4. The van der Waals surface area contributed by atoms with Gasteiger partial charge >= 0.3 is 6.03 Å². The maximum atomic E-state index is 13.9. The van der Waals surface area contributed by atoms with Crippen LogP contribution in [0.25, 0.3) is 11.2 Å². The van der Waals surface area contributed by atoms with Crippen LogP contribution >= 0.6 is 11.6 Å². The quantitative estimate of drug-likeness (QED) is 0.615. The number of H-pyrrole nitrogens is 1. The van der Waals surface area contributed by atoms with E-state index in [0.717, 1.165) is 0 Å². The number of urea groups is 1. The van der Waals surface area contributed by atoms with E-state index in [1.807, 2.05) is 0 Å². The largest absolute Gasteiger partial charge is 0.461 e. The zero-order valence-corrected chi connectivity index (χ0v) is 18.6. The highest BCUT2D eigenvalue weighted by molar-refractivity contribution is 6.31. The molecule has 0 atom stereocenters. The van der Waals surface area contributed by atoms with E-state index in [1.165, 1.54) is 18.2 Å². The number of pyridine rings is 1. The lowest BCUT2D eigenvalue weighted by molar-refractivity contribution is 0.0958. The summed E-state index contributed by atoms with van der Waals surface area (Å²) in [7, 11) is 3.47. The number of benzene rings is 1. The molecule has 1 N–H and O–H groups in total. The molecule has 2 amide bonds. The van der Waals surface area contributed by atoms with Crippen molar-refractivity contribution in [1.29, 1.82) is 0 Å². The molecule has 3 heterocycles. The van der Waals surface area contributed by atoms with Crippen LogP contribution < -0.4 is 4.74 Å². The molecule has 10 heteroatoms. The van der Waals surface area contributed by atoms with Gasteiger partial charge in [0.15, 0.2) is 5.65 Å². The number of hydrogen-bond acceptors (Lipinski definition) is 4. The molecule has 0 aliphatic carbocycles. The number of fused-ring (bicyclic) bond motifs is 1. The van der Waals surface area contributed by atoms with Crippen molar-refractivity contribution in [3.63, 3.8) is 0 Å². The Bertz CT molecular complexity index is 1110. The molecule has 1 aromatic carbocycles.